The molecule has 2 aromatic rings. The van der Waals surface area contributed by atoms with E-state index in [1.165, 1.54) is 11.1 Å². The summed E-state index contributed by atoms with van der Waals surface area (Å²) in [5.41, 5.74) is 0.440. The molecule has 1 atom stereocenters. The summed E-state index contributed by atoms with van der Waals surface area (Å²) in [5.74, 6) is 0.634. The first-order chi connectivity index (χ1) is 10.5. The lowest BCUT2D eigenvalue weighted by atomic mass is 10.2. The van der Waals surface area contributed by atoms with E-state index >= 15 is 0 Å². The molecule has 0 aliphatic carbocycles. The topological polar surface area (TPSA) is 85.2 Å². The molecular weight excluding hydrogens is 304 g/mol. The van der Waals surface area contributed by atoms with Crippen molar-refractivity contribution in [3.05, 3.63) is 42.6 Å². The highest BCUT2D eigenvalue weighted by Gasteiger charge is 2.33. The van der Waals surface area contributed by atoms with E-state index in [9.17, 15) is 13.2 Å². The minimum Gasteiger partial charge on any atom is -0.338 e. The largest absolute Gasteiger partial charge is 0.338 e. The summed E-state index contributed by atoms with van der Waals surface area (Å²) in [4.78, 5) is 22.1. The molecule has 116 valence electrons. The van der Waals surface area contributed by atoms with E-state index < -0.39 is 9.84 Å². The molecule has 0 spiro atoms. The van der Waals surface area contributed by atoms with Gasteiger partial charge in [-0.1, -0.05) is 0 Å². The molecule has 0 aromatic carbocycles. The maximum absolute atomic E-state index is 12.4. The van der Waals surface area contributed by atoms with Crippen molar-refractivity contribution in [2.75, 3.05) is 18.6 Å². The van der Waals surface area contributed by atoms with Gasteiger partial charge in [-0.15, -0.1) is 0 Å². The van der Waals surface area contributed by atoms with E-state index in [1.807, 2.05) is 0 Å². The molecule has 3 rings (SSSR count). The lowest BCUT2D eigenvalue weighted by molar-refractivity contribution is 0.0747. The number of pyridine rings is 1. The van der Waals surface area contributed by atoms with Gasteiger partial charge in [-0.25, -0.2) is 18.4 Å². The third-order valence-electron chi connectivity index (χ3n) is 3.84. The average Bonchev–Trinajstić information content (AvgIpc) is 3.15. The zero-order valence-corrected chi connectivity index (χ0v) is 12.9. The predicted octanol–water partition coefficient (Wildman–Crippen LogP) is 0.526. The van der Waals surface area contributed by atoms with E-state index in [2.05, 4.69) is 9.97 Å². The van der Waals surface area contributed by atoms with Crippen molar-refractivity contribution in [3.63, 3.8) is 0 Å². The zero-order valence-electron chi connectivity index (χ0n) is 12.1. The van der Waals surface area contributed by atoms with Gasteiger partial charge in [-0.2, -0.15) is 0 Å². The van der Waals surface area contributed by atoms with Gasteiger partial charge in [-0.3, -0.25) is 9.36 Å². The molecule has 1 amide bonds. The number of carbonyl (C=O) groups excluding carboxylic acids is 1. The Balaban J connectivity index is 1.75. The van der Waals surface area contributed by atoms with Gasteiger partial charge in [0.2, 0.25) is 0 Å². The predicted molar refractivity (Wildman–Crippen MR) is 80.5 cm³/mol. The van der Waals surface area contributed by atoms with E-state index in [-0.39, 0.29) is 23.5 Å². The standard InChI is InChI=1S/C14H16N4O3S/c1-17(12-4-7-22(20,21)9-12)14(19)11-2-3-13(16-8-11)18-6-5-15-10-18/h2-3,5-6,8,10,12H,4,7,9H2,1H3. The average molecular weight is 320 g/mol. The fraction of sp³-hybridized carbons (Fsp3) is 0.357. The summed E-state index contributed by atoms with van der Waals surface area (Å²) in [5, 5.41) is 0. The third kappa shape index (κ3) is 2.87. The Morgan fingerprint density at radius 3 is 2.77 bits per heavy atom. The molecule has 1 saturated heterocycles. The Kier molecular flexibility index (Phi) is 3.69. The number of imidazole rings is 1. The first kappa shape index (κ1) is 14.7. The van der Waals surface area contributed by atoms with Crippen LogP contribution < -0.4 is 0 Å². The summed E-state index contributed by atoms with van der Waals surface area (Å²) in [6.45, 7) is 0. The quantitative estimate of drug-likeness (QED) is 0.823. The second kappa shape index (κ2) is 5.53. The molecule has 2 aromatic heterocycles. The third-order valence-corrected chi connectivity index (χ3v) is 5.59. The van der Waals surface area contributed by atoms with Gasteiger partial charge in [0.25, 0.3) is 5.91 Å². The Labute approximate surface area is 128 Å². The lowest BCUT2D eigenvalue weighted by Gasteiger charge is -2.23. The number of rotatable bonds is 3. The van der Waals surface area contributed by atoms with E-state index in [0.29, 0.717) is 17.8 Å². The minimum absolute atomic E-state index is 0.0375. The number of hydrogen-bond acceptors (Lipinski definition) is 5. The molecule has 0 N–H and O–H groups in total. The summed E-state index contributed by atoms with van der Waals surface area (Å²) < 4.78 is 24.8. The van der Waals surface area contributed by atoms with Crippen molar-refractivity contribution in [1.29, 1.82) is 0 Å². The van der Waals surface area contributed by atoms with Crippen LogP contribution in [0, 0.1) is 0 Å². The molecule has 1 unspecified atom stereocenters. The molecule has 3 heterocycles. The van der Waals surface area contributed by atoms with Gasteiger partial charge in [0.15, 0.2) is 9.84 Å². The molecule has 1 fully saturated rings. The van der Waals surface area contributed by atoms with Gasteiger partial charge >= 0.3 is 0 Å². The first-order valence-corrected chi connectivity index (χ1v) is 8.70. The fourth-order valence-corrected chi connectivity index (χ4v) is 4.28. The highest BCUT2D eigenvalue weighted by Crippen LogP contribution is 2.18. The van der Waals surface area contributed by atoms with Gasteiger partial charge < -0.3 is 4.90 Å². The maximum atomic E-state index is 12.4. The van der Waals surface area contributed by atoms with Gasteiger partial charge in [0.1, 0.15) is 12.1 Å². The van der Waals surface area contributed by atoms with Gasteiger partial charge in [0.05, 0.1) is 17.1 Å². The maximum Gasteiger partial charge on any atom is 0.255 e. The highest BCUT2D eigenvalue weighted by atomic mass is 32.2. The Bertz CT molecular complexity index is 769. The van der Waals surface area contributed by atoms with E-state index in [1.54, 1.807) is 42.5 Å². The van der Waals surface area contributed by atoms with Crippen LogP contribution in [0.1, 0.15) is 16.8 Å². The van der Waals surface area contributed by atoms with Crippen molar-refractivity contribution in [2.24, 2.45) is 0 Å². The van der Waals surface area contributed by atoms with Crippen molar-refractivity contribution in [3.8, 4) is 5.82 Å². The number of aromatic nitrogens is 3. The highest BCUT2D eigenvalue weighted by molar-refractivity contribution is 7.91. The number of nitrogens with zero attached hydrogens (tertiary/aromatic N) is 4. The molecule has 0 radical (unpaired) electrons. The minimum atomic E-state index is -3.01. The van der Waals surface area contributed by atoms with Crippen LogP contribution in [0.2, 0.25) is 0 Å². The Morgan fingerprint density at radius 2 is 2.23 bits per heavy atom. The van der Waals surface area contributed by atoms with Crippen molar-refractivity contribution >= 4 is 15.7 Å². The Morgan fingerprint density at radius 1 is 1.41 bits per heavy atom. The van der Waals surface area contributed by atoms with Gasteiger partial charge in [0, 0.05) is 31.7 Å². The van der Waals surface area contributed by atoms with Crippen LogP contribution in [0.5, 0.6) is 0 Å². The Hall–Kier alpha value is -2.22. The van der Waals surface area contributed by atoms with Crippen LogP contribution in [0.15, 0.2) is 37.1 Å². The van der Waals surface area contributed by atoms with Crippen LogP contribution in [-0.4, -0.2) is 58.4 Å². The normalized spacial score (nSPS) is 20.0. The molecule has 1 aliphatic heterocycles. The first-order valence-electron chi connectivity index (χ1n) is 6.88. The number of sulfone groups is 1. The van der Waals surface area contributed by atoms with Crippen molar-refractivity contribution in [2.45, 2.75) is 12.5 Å². The summed E-state index contributed by atoms with van der Waals surface area (Å²) in [6, 6.07) is 3.16. The zero-order chi connectivity index (χ0) is 15.7. The van der Waals surface area contributed by atoms with Crippen molar-refractivity contribution in [1.82, 2.24) is 19.4 Å². The summed E-state index contributed by atoms with van der Waals surface area (Å²) >= 11 is 0. The monoisotopic (exact) mass is 320 g/mol. The molecular formula is C14H16N4O3S. The second-order valence-electron chi connectivity index (χ2n) is 5.35. The molecule has 0 bridgehead atoms. The van der Waals surface area contributed by atoms with Crippen LogP contribution in [0.3, 0.4) is 0 Å². The lowest BCUT2D eigenvalue weighted by Crippen LogP contribution is -2.37. The second-order valence-corrected chi connectivity index (χ2v) is 7.58. The molecule has 22 heavy (non-hydrogen) atoms. The number of hydrogen-bond donors (Lipinski definition) is 0. The fourth-order valence-electron chi connectivity index (χ4n) is 2.51. The van der Waals surface area contributed by atoms with Gasteiger partial charge in [-0.05, 0) is 18.6 Å². The molecule has 7 nitrogen and oxygen atoms in total. The molecule has 8 heteroatoms. The van der Waals surface area contributed by atoms with Crippen LogP contribution in [-0.2, 0) is 9.84 Å². The van der Waals surface area contributed by atoms with Crippen LogP contribution in [0.25, 0.3) is 5.82 Å². The van der Waals surface area contributed by atoms with E-state index in [0.717, 1.165) is 0 Å². The summed E-state index contributed by atoms with van der Waals surface area (Å²) in [6.07, 6.45) is 7.02. The smallest absolute Gasteiger partial charge is 0.255 e. The van der Waals surface area contributed by atoms with Crippen LogP contribution in [0.4, 0.5) is 0 Å². The van der Waals surface area contributed by atoms with Crippen molar-refractivity contribution < 1.29 is 13.2 Å². The number of amides is 1. The SMILES string of the molecule is CN(C(=O)c1ccc(-n2ccnc2)nc1)C1CCS(=O)(=O)C1. The summed E-state index contributed by atoms with van der Waals surface area (Å²) in [7, 11) is -1.38. The molecule has 1 aliphatic rings. The van der Waals surface area contributed by atoms with Crippen LogP contribution >= 0.6 is 0 Å². The van der Waals surface area contributed by atoms with E-state index in [4.69, 9.17) is 0 Å². The number of carbonyl (C=O) groups is 1. The molecule has 0 saturated carbocycles.